The van der Waals surface area contributed by atoms with E-state index in [-0.39, 0.29) is 5.91 Å². The molecule has 2 aromatic carbocycles. The first-order chi connectivity index (χ1) is 13.6. The molecule has 1 aliphatic heterocycles. The van der Waals surface area contributed by atoms with Gasteiger partial charge in [-0.25, -0.2) is 0 Å². The predicted molar refractivity (Wildman–Crippen MR) is 119 cm³/mol. The first kappa shape index (κ1) is 19.2. The van der Waals surface area contributed by atoms with Gasteiger partial charge in [0.2, 0.25) is 0 Å². The lowest BCUT2D eigenvalue weighted by molar-refractivity contribution is 0.0655. The third-order valence-electron chi connectivity index (χ3n) is 5.11. The van der Waals surface area contributed by atoms with E-state index in [4.69, 9.17) is 11.6 Å². The van der Waals surface area contributed by atoms with Crippen molar-refractivity contribution in [1.29, 1.82) is 0 Å². The number of aryl methyl sites for hydroxylation is 1. The highest BCUT2D eigenvalue weighted by Crippen LogP contribution is 2.36. The van der Waals surface area contributed by atoms with Gasteiger partial charge in [0, 0.05) is 42.8 Å². The Bertz CT molecular complexity index is 1000. The molecule has 0 atom stereocenters. The number of hydrogen-bond acceptors (Lipinski definition) is 3. The summed E-state index contributed by atoms with van der Waals surface area (Å²) in [5, 5.41) is 1.57. The highest BCUT2D eigenvalue weighted by atomic mass is 35.5. The molecule has 0 radical (unpaired) electrons. The van der Waals surface area contributed by atoms with E-state index < -0.39 is 0 Å². The molecule has 0 aliphatic carbocycles. The van der Waals surface area contributed by atoms with Crippen molar-refractivity contribution in [1.82, 2.24) is 9.80 Å². The molecule has 1 fully saturated rings. The normalized spacial score (nSPS) is 15.6. The predicted octanol–water partition coefficient (Wildman–Crippen LogP) is 5.33. The van der Waals surface area contributed by atoms with Crippen LogP contribution in [0, 0.1) is 6.92 Å². The molecule has 1 aromatic heterocycles. The van der Waals surface area contributed by atoms with Gasteiger partial charge in [0.15, 0.2) is 0 Å². The molecular formula is C23H23ClN2OS. The molecule has 0 unspecified atom stereocenters. The molecule has 28 heavy (non-hydrogen) atoms. The van der Waals surface area contributed by atoms with Crippen LogP contribution in [0.2, 0.25) is 5.02 Å². The first-order valence-electron chi connectivity index (χ1n) is 9.54. The molecule has 1 amide bonds. The van der Waals surface area contributed by atoms with E-state index in [1.54, 1.807) is 0 Å². The summed E-state index contributed by atoms with van der Waals surface area (Å²) in [6.45, 7) is 6.20. The van der Waals surface area contributed by atoms with Crippen LogP contribution in [0.3, 0.4) is 0 Å². The maximum atomic E-state index is 13.0. The Morgan fingerprint density at radius 2 is 1.86 bits per heavy atom. The van der Waals surface area contributed by atoms with Crippen molar-refractivity contribution in [2.75, 3.05) is 32.7 Å². The lowest BCUT2D eigenvalue weighted by Crippen LogP contribution is -2.48. The van der Waals surface area contributed by atoms with Crippen LogP contribution in [-0.2, 0) is 0 Å². The number of fused-ring (bicyclic) bond motifs is 1. The van der Waals surface area contributed by atoms with Crippen LogP contribution in [0.5, 0.6) is 0 Å². The molecule has 0 saturated carbocycles. The maximum Gasteiger partial charge on any atom is 0.265 e. The Kier molecular flexibility index (Phi) is 5.81. The monoisotopic (exact) mass is 410 g/mol. The van der Waals surface area contributed by atoms with Crippen molar-refractivity contribution < 1.29 is 4.79 Å². The molecule has 2 heterocycles. The van der Waals surface area contributed by atoms with Crippen LogP contribution in [0.25, 0.3) is 16.2 Å². The quantitative estimate of drug-likeness (QED) is 0.580. The zero-order valence-electron chi connectivity index (χ0n) is 15.9. The number of benzene rings is 2. The summed E-state index contributed by atoms with van der Waals surface area (Å²) in [5.74, 6) is 0.0586. The third kappa shape index (κ3) is 4.14. The number of nitrogens with zero attached hydrogens (tertiary/aromatic N) is 2. The lowest BCUT2D eigenvalue weighted by atomic mass is 10.2. The minimum atomic E-state index is 0.0586. The second-order valence-electron chi connectivity index (χ2n) is 7.15. The number of amides is 1. The van der Waals surface area contributed by atoms with Crippen molar-refractivity contribution >= 4 is 45.0 Å². The van der Waals surface area contributed by atoms with Crippen LogP contribution >= 0.6 is 22.9 Å². The van der Waals surface area contributed by atoms with Gasteiger partial charge in [0.05, 0.1) is 5.02 Å². The number of carbonyl (C=O) groups is 1. The minimum absolute atomic E-state index is 0.0586. The van der Waals surface area contributed by atoms with Gasteiger partial charge in [-0.15, -0.1) is 11.3 Å². The first-order valence-corrected chi connectivity index (χ1v) is 10.7. The topological polar surface area (TPSA) is 23.6 Å². The molecule has 1 saturated heterocycles. The summed E-state index contributed by atoms with van der Waals surface area (Å²) in [6, 6.07) is 16.5. The van der Waals surface area contributed by atoms with E-state index in [1.165, 1.54) is 22.5 Å². The van der Waals surface area contributed by atoms with Crippen LogP contribution in [-0.4, -0.2) is 48.4 Å². The molecule has 3 nitrogen and oxygen atoms in total. The Morgan fingerprint density at radius 3 is 2.61 bits per heavy atom. The standard InChI is InChI=1S/C23H23ClN2OS/c1-17-9-10-19-20(16-17)28-22(21(19)24)23(27)26-14-12-25(13-15-26)11-5-8-18-6-3-2-4-7-18/h2-10,16H,11-15H2,1H3. The van der Waals surface area contributed by atoms with Crippen LogP contribution in [0.1, 0.15) is 20.8 Å². The average molecular weight is 411 g/mol. The van der Waals surface area contributed by atoms with Gasteiger partial charge in [-0.05, 0) is 24.1 Å². The summed E-state index contributed by atoms with van der Waals surface area (Å²) >= 11 is 8.03. The van der Waals surface area contributed by atoms with Gasteiger partial charge >= 0.3 is 0 Å². The number of hydrogen-bond donors (Lipinski definition) is 0. The fourth-order valence-corrected chi connectivity index (χ4v) is 5.07. The van der Waals surface area contributed by atoms with E-state index in [9.17, 15) is 4.79 Å². The Balaban J connectivity index is 1.36. The zero-order valence-corrected chi connectivity index (χ0v) is 17.5. The minimum Gasteiger partial charge on any atom is -0.335 e. The van der Waals surface area contributed by atoms with Crippen LogP contribution in [0.4, 0.5) is 0 Å². The molecule has 0 spiro atoms. The fourth-order valence-electron chi connectivity index (χ4n) is 3.49. The van der Waals surface area contributed by atoms with Crippen molar-refractivity contribution in [3.8, 4) is 0 Å². The van der Waals surface area contributed by atoms with Crippen molar-refractivity contribution in [2.24, 2.45) is 0 Å². The van der Waals surface area contributed by atoms with Gasteiger partial charge in [-0.1, -0.05) is 66.2 Å². The Morgan fingerprint density at radius 1 is 1.11 bits per heavy atom. The van der Waals surface area contributed by atoms with E-state index in [2.05, 4.69) is 42.2 Å². The maximum absolute atomic E-state index is 13.0. The number of carbonyl (C=O) groups excluding carboxylic acids is 1. The fraction of sp³-hybridized carbons (Fsp3) is 0.261. The smallest absolute Gasteiger partial charge is 0.265 e. The van der Waals surface area contributed by atoms with Gasteiger partial charge in [-0.2, -0.15) is 0 Å². The number of halogens is 1. The molecule has 0 bridgehead atoms. The van der Waals surface area contributed by atoms with Crippen molar-refractivity contribution in [3.63, 3.8) is 0 Å². The van der Waals surface area contributed by atoms with Gasteiger partial charge in [0.25, 0.3) is 5.91 Å². The average Bonchev–Trinajstić information content (AvgIpc) is 3.04. The number of piperazine rings is 1. The van der Waals surface area contributed by atoms with Gasteiger partial charge < -0.3 is 4.90 Å². The molecule has 3 aromatic rings. The molecule has 4 rings (SSSR count). The van der Waals surface area contributed by atoms with Gasteiger partial charge in [0.1, 0.15) is 4.88 Å². The second-order valence-corrected chi connectivity index (χ2v) is 8.58. The summed E-state index contributed by atoms with van der Waals surface area (Å²) < 4.78 is 1.08. The van der Waals surface area contributed by atoms with Crippen molar-refractivity contribution in [3.05, 3.63) is 75.6 Å². The largest absolute Gasteiger partial charge is 0.335 e. The summed E-state index contributed by atoms with van der Waals surface area (Å²) in [6.07, 6.45) is 4.34. The summed E-state index contributed by atoms with van der Waals surface area (Å²) in [4.78, 5) is 18.0. The van der Waals surface area contributed by atoms with E-state index in [1.807, 2.05) is 35.2 Å². The summed E-state index contributed by atoms with van der Waals surface area (Å²) in [5.41, 5.74) is 2.40. The molecule has 5 heteroatoms. The van der Waals surface area contributed by atoms with Crippen LogP contribution in [0.15, 0.2) is 54.6 Å². The van der Waals surface area contributed by atoms with E-state index in [0.717, 1.165) is 42.8 Å². The number of thiophene rings is 1. The lowest BCUT2D eigenvalue weighted by Gasteiger charge is -2.34. The molecular weight excluding hydrogens is 388 g/mol. The zero-order chi connectivity index (χ0) is 19.5. The second kappa shape index (κ2) is 8.48. The highest BCUT2D eigenvalue weighted by Gasteiger charge is 2.25. The summed E-state index contributed by atoms with van der Waals surface area (Å²) in [7, 11) is 0. The van der Waals surface area contributed by atoms with Crippen molar-refractivity contribution in [2.45, 2.75) is 6.92 Å². The molecule has 1 aliphatic rings. The Labute approximate surface area is 174 Å². The van der Waals surface area contributed by atoms with Gasteiger partial charge in [-0.3, -0.25) is 9.69 Å². The van der Waals surface area contributed by atoms with Crippen LogP contribution < -0.4 is 0 Å². The van der Waals surface area contributed by atoms with E-state index >= 15 is 0 Å². The molecule has 0 N–H and O–H groups in total. The van der Waals surface area contributed by atoms with E-state index in [0.29, 0.717) is 9.90 Å². The molecule has 144 valence electrons. The SMILES string of the molecule is Cc1ccc2c(Cl)c(C(=O)N3CCN(CC=Cc4ccccc4)CC3)sc2c1. The third-order valence-corrected chi connectivity index (χ3v) is 6.76. The highest BCUT2D eigenvalue weighted by molar-refractivity contribution is 7.21. The number of rotatable bonds is 4. The Hall–Kier alpha value is -2.14.